The van der Waals surface area contributed by atoms with E-state index in [0.717, 1.165) is 67.6 Å². The summed E-state index contributed by atoms with van der Waals surface area (Å²) in [5.74, 6) is 0.195. The number of pyridine rings is 1. The lowest BCUT2D eigenvalue weighted by molar-refractivity contribution is 0.0736. The first-order valence-electron chi connectivity index (χ1n) is 8.58. The van der Waals surface area contributed by atoms with Crippen LogP contribution < -0.4 is 5.32 Å². The number of carbonyl (C=O) groups is 1. The highest BCUT2D eigenvalue weighted by atomic mass is 16.2. The second kappa shape index (κ2) is 5.60. The van der Waals surface area contributed by atoms with Gasteiger partial charge in [-0.1, -0.05) is 0 Å². The van der Waals surface area contributed by atoms with E-state index < -0.39 is 0 Å². The minimum absolute atomic E-state index is 0.195. The molecule has 0 radical (unpaired) electrons. The van der Waals surface area contributed by atoms with Gasteiger partial charge in [-0.25, -0.2) is 0 Å². The molecule has 1 fully saturated rings. The van der Waals surface area contributed by atoms with Gasteiger partial charge in [-0.3, -0.25) is 9.78 Å². The minimum atomic E-state index is 0.195. The Morgan fingerprint density at radius 2 is 1.87 bits per heavy atom. The zero-order valence-corrected chi connectivity index (χ0v) is 13.9. The monoisotopic (exact) mass is 309 g/mol. The standard InChI is InChI=1S/C19H23N3O/c1-12-10-15-17(11-13(12)2)21-16-5-3-4-14(16)18(15)19(23)22-8-6-20-7-9-22/h10-11,20H,3-9H2,1-2H3. The van der Waals surface area contributed by atoms with Crippen molar-refractivity contribution in [2.45, 2.75) is 33.1 Å². The predicted molar refractivity (Wildman–Crippen MR) is 92.0 cm³/mol. The summed E-state index contributed by atoms with van der Waals surface area (Å²) in [4.78, 5) is 20.1. The van der Waals surface area contributed by atoms with E-state index in [4.69, 9.17) is 4.98 Å². The number of piperazine rings is 1. The lowest BCUT2D eigenvalue weighted by Crippen LogP contribution is -2.46. The van der Waals surface area contributed by atoms with Crippen LogP contribution in [0, 0.1) is 13.8 Å². The largest absolute Gasteiger partial charge is 0.336 e. The molecular formula is C19H23N3O. The number of carbonyl (C=O) groups excluding carboxylic acids is 1. The highest BCUT2D eigenvalue weighted by molar-refractivity contribution is 6.08. The summed E-state index contributed by atoms with van der Waals surface area (Å²) in [6.45, 7) is 7.58. The van der Waals surface area contributed by atoms with Crippen molar-refractivity contribution in [3.05, 3.63) is 40.1 Å². The molecule has 2 aliphatic rings. The molecule has 0 unspecified atom stereocenters. The molecule has 1 N–H and O–H groups in total. The van der Waals surface area contributed by atoms with Crippen molar-refractivity contribution in [3.8, 4) is 0 Å². The molecule has 2 aromatic rings. The normalized spacial score (nSPS) is 17.6. The van der Waals surface area contributed by atoms with E-state index in [-0.39, 0.29) is 5.91 Å². The SMILES string of the molecule is Cc1cc2nc3c(c(C(=O)N4CCNCC4)c2cc1C)CCC3. The van der Waals surface area contributed by atoms with Gasteiger partial charge >= 0.3 is 0 Å². The number of rotatable bonds is 1. The van der Waals surface area contributed by atoms with Crippen molar-refractivity contribution in [2.75, 3.05) is 26.2 Å². The maximum Gasteiger partial charge on any atom is 0.254 e. The summed E-state index contributed by atoms with van der Waals surface area (Å²) in [6, 6.07) is 4.30. The molecule has 4 heteroatoms. The third kappa shape index (κ3) is 2.41. The molecule has 120 valence electrons. The Morgan fingerprint density at radius 3 is 2.65 bits per heavy atom. The number of aromatic nitrogens is 1. The van der Waals surface area contributed by atoms with Crippen LogP contribution in [0.3, 0.4) is 0 Å². The molecule has 1 amide bonds. The first-order chi connectivity index (χ1) is 11.1. The van der Waals surface area contributed by atoms with Crippen molar-refractivity contribution < 1.29 is 4.79 Å². The lowest BCUT2D eigenvalue weighted by Gasteiger charge is -2.28. The summed E-state index contributed by atoms with van der Waals surface area (Å²) in [6.07, 6.45) is 3.09. The maximum absolute atomic E-state index is 13.2. The van der Waals surface area contributed by atoms with Crippen LogP contribution in [0.15, 0.2) is 12.1 Å². The van der Waals surface area contributed by atoms with Gasteiger partial charge in [0.15, 0.2) is 0 Å². The third-order valence-corrected chi connectivity index (χ3v) is 5.25. The second-order valence-electron chi connectivity index (χ2n) is 6.76. The first-order valence-corrected chi connectivity index (χ1v) is 8.58. The minimum Gasteiger partial charge on any atom is -0.336 e. The number of hydrogen-bond acceptors (Lipinski definition) is 3. The van der Waals surface area contributed by atoms with Crippen molar-refractivity contribution in [3.63, 3.8) is 0 Å². The van der Waals surface area contributed by atoms with E-state index in [1.165, 1.54) is 16.7 Å². The van der Waals surface area contributed by atoms with Crippen LogP contribution in [0.25, 0.3) is 10.9 Å². The van der Waals surface area contributed by atoms with Crippen LogP contribution in [0.4, 0.5) is 0 Å². The molecule has 2 heterocycles. The van der Waals surface area contributed by atoms with Gasteiger partial charge < -0.3 is 10.2 Å². The van der Waals surface area contributed by atoms with Crippen LogP contribution in [0.2, 0.25) is 0 Å². The van der Waals surface area contributed by atoms with Gasteiger partial charge in [0.2, 0.25) is 0 Å². The summed E-state index contributed by atoms with van der Waals surface area (Å²) >= 11 is 0. The molecule has 0 spiro atoms. The molecule has 1 aliphatic carbocycles. The van der Waals surface area contributed by atoms with E-state index in [2.05, 4.69) is 31.3 Å². The van der Waals surface area contributed by atoms with Crippen LogP contribution in [0.1, 0.15) is 39.2 Å². The molecule has 23 heavy (non-hydrogen) atoms. The number of hydrogen-bond donors (Lipinski definition) is 1. The third-order valence-electron chi connectivity index (χ3n) is 5.25. The fourth-order valence-corrected chi connectivity index (χ4v) is 3.79. The van der Waals surface area contributed by atoms with Gasteiger partial charge in [-0.2, -0.15) is 0 Å². The predicted octanol–water partition coefficient (Wildman–Crippen LogP) is 2.39. The molecule has 4 nitrogen and oxygen atoms in total. The first kappa shape index (κ1) is 14.6. The van der Waals surface area contributed by atoms with E-state index in [9.17, 15) is 4.79 Å². The van der Waals surface area contributed by atoms with Crippen LogP contribution in [0.5, 0.6) is 0 Å². The molecule has 1 aliphatic heterocycles. The molecule has 1 aromatic carbocycles. The summed E-state index contributed by atoms with van der Waals surface area (Å²) in [5.41, 5.74) is 6.71. The second-order valence-corrected chi connectivity index (χ2v) is 6.76. The van der Waals surface area contributed by atoms with Crippen LogP contribution >= 0.6 is 0 Å². The Kier molecular flexibility index (Phi) is 3.57. The molecule has 4 rings (SSSR count). The van der Waals surface area contributed by atoms with E-state index in [1.807, 2.05) is 4.90 Å². The van der Waals surface area contributed by atoms with Crippen LogP contribution in [-0.4, -0.2) is 42.0 Å². The van der Waals surface area contributed by atoms with E-state index >= 15 is 0 Å². The average Bonchev–Trinajstić information content (AvgIpc) is 3.02. The number of nitrogens with zero attached hydrogens (tertiary/aromatic N) is 2. The van der Waals surface area contributed by atoms with Crippen molar-refractivity contribution in [1.29, 1.82) is 0 Å². The fraction of sp³-hybridized carbons (Fsp3) is 0.474. The average molecular weight is 309 g/mol. The Balaban J connectivity index is 1.92. The molecule has 1 saturated heterocycles. The Hall–Kier alpha value is -1.94. The van der Waals surface area contributed by atoms with E-state index in [0.29, 0.717) is 0 Å². The molecule has 0 saturated carbocycles. The van der Waals surface area contributed by atoms with Gasteiger partial charge in [0.1, 0.15) is 0 Å². The molecular weight excluding hydrogens is 286 g/mol. The Labute approximate surface area is 136 Å². The van der Waals surface area contributed by atoms with Crippen LogP contribution in [-0.2, 0) is 12.8 Å². The highest BCUT2D eigenvalue weighted by Crippen LogP contribution is 2.32. The van der Waals surface area contributed by atoms with Gasteiger partial charge in [0, 0.05) is 37.3 Å². The van der Waals surface area contributed by atoms with Gasteiger partial charge in [0.05, 0.1) is 11.1 Å². The maximum atomic E-state index is 13.2. The Bertz CT molecular complexity index is 791. The van der Waals surface area contributed by atoms with Gasteiger partial charge in [-0.05, 0) is 61.9 Å². The number of amides is 1. The summed E-state index contributed by atoms with van der Waals surface area (Å²) in [5, 5.41) is 4.36. The number of nitrogens with one attached hydrogen (secondary N) is 1. The zero-order valence-electron chi connectivity index (χ0n) is 13.9. The van der Waals surface area contributed by atoms with Crippen molar-refractivity contribution in [1.82, 2.24) is 15.2 Å². The fourth-order valence-electron chi connectivity index (χ4n) is 3.79. The van der Waals surface area contributed by atoms with Crippen molar-refractivity contribution >= 4 is 16.8 Å². The summed E-state index contributed by atoms with van der Waals surface area (Å²) < 4.78 is 0. The topological polar surface area (TPSA) is 45.2 Å². The summed E-state index contributed by atoms with van der Waals surface area (Å²) in [7, 11) is 0. The van der Waals surface area contributed by atoms with Gasteiger partial charge in [-0.15, -0.1) is 0 Å². The highest BCUT2D eigenvalue weighted by Gasteiger charge is 2.27. The number of benzene rings is 1. The van der Waals surface area contributed by atoms with Crippen molar-refractivity contribution in [2.24, 2.45) is 0 Å². The number of fused-ring (bicyclic) bond motifs is 2. The molecule has 0 bridgehead atoms. The lowest BCUT2D eigenvalue weighted by atomic mass is 9.96. The zero-order chi connectivity index (χ0) is 16.0. The van der Waals surface area contributed by atoms with E-state index in [1.54, 1.807) is 0 Å². The van der Waals surface area contributed by atoms with Gasteiger partial charge in [0.25, 0.3) is 5.91 Å². The smallest absolute Gasteiger partial charge is 0.254 e. The molecule has 1 aromatic heterocycles. The number of aryl methyl sites for hydroxylation is 3. The molecule has 0 atom stereocenters. The quantitative estimate of drug-likeness (QED) is 0.880. The Morgan fingerprint density at radius 1 is 1.13 bits per heavy atom.